The Balaban J connectivity index is 1.41. The number of hydrogen-bond acceptors (Lipinski definition) is 2. The molecule has 2 aliphatic rings. The van der Waals surface area contributed by atoms with Crippen LogP contribution in [0.4, 0.5) is 0 Å². The maximum atomic E-state index is 2.65. The summed E-state index contributed by atoms with van der Waals surface area (Å²) >= 11 is 0. The van der Waals surface area contributed by atoms with Gasteiger partial charge in [-0.1, -0.05) is 54.6 Å². The van der Waals surface area contributed by atoms with Gasteiger partial charge in [-0.05, 0) is 43.0 Å². The highest BCUT2D eigenvalue weighted by molar-refractivity contribution is 5.38. The zero-order valence-electron chi connectivity index (χ0n) is 14.0. The first kappa shape index (κ1) is 14.9. The van der Waals surface area contributed by atoms with E-state index in [1.165, 1.54) is 50.0 Å². The summed E-state index contributed by atoms with van der Waals surface area (Å²) < 4.78 is 0. The second-order valence-corrected chi connectivity index (χ2v) is 7.12. The highest BCUT2D eigenvalue weighted by Gasteiger charge is 2.44. The van der Waals surface area contributed by atoms with Gasteiger partial charge < -0.3 is 4.90 Å². The van der Waals surface area contributed by atoms with E-state index in [1.54, 1.807) is 5.56 Å². The number of fused-ring (bicyclic) bond motifs is 2. The third-order valence-corrected chi connectivity index (χ3v) is 5.90. The molecule has 23 heavy (non-hydrogen) atoms. The van der Waals surface area contributed by atoms with Crippen LogP contribution in [0.5, 0.6) is 0 Å². The zero-order chi connectivity index (χ0) is 15.7. The van der Waals surface area contributed by atoms with Crippen LogP contribution in [0.3, 0.4) is 0 Å². The summed E-state index contributed by atoms with van der Waals surface area (Å²) in [5.41, 5.74) is 4.87. The lowest BCUT2D eigenvalue weighted by molar-refractivity contribution is 0.0485. The van der Waals surface area contributed by atoms with Gasteiger partial charge in [0.25, 0.3) is 0 Å². The lowest BCUT2D eigenvalue weighted by atomic mass is 9.81. The molecule has 0 aliphatic carbocycles. The highest BCUT2D eigenvalue weighted by Crippen LogP contribution is 2.45. The molecule has 0 unspecified atom stereocenters. The Morgan fingerprint density at radius 3 is 2.39 bits per heavy atom. The average Bonchev–Trinajstić information content (AvgIpc) is 2.88. The van der Waals surface area contributed by atoms with Gasteiger partial charge in [-0.15, -0.1) is 0 Å². The zero-order valence-corrected chi connectivity index (χ0v) is 14.0. The monoisotopic (exact) mass is 306 g/mol. The van der Waals surface area contributed by atoms with Crippen molar-refractivity contribution in [3.8, 4) is 0 Å². The number of rotatable bonds is 3. The van der Waals surface area contributed by atoms with E-state index in [4.69, 9.17) is 0 Å². The second kappa shape index (κ2) is 6.10. The molecule has 0 aromatic heterocycles. The standard InChI is InChI=1S/C21H26N2/c1-22-17-19-9-5-6-10-20(19)21(22)12-15-23(16-13-21)14-11-18-7-3-2-4-8-18/h2-10H,11-17H2,1H3. The van der Waals surface area contributed by atoms with E-state index in [2.05, 4.69) is 71.4 Å². The molecule has 1 fully saturated rings. The fraction of sp³-hybridized carbons (Fsp3) is 0.429. The third kappa shape index (κ3) is 2.71. The molecule has 120 valence electrons. The van der Waals surface area contributed by atoms with Crippen molar-refractivity contribution in [2.45, 2.75) is 31.3 Å². The number of nitrogens with zero attached hydrogens (tertiary/aromatic N) is 2. The third-order valence-electron chi connectivity index (χ3n) is 5.90. The van der Waals surface area contributed by atoms with E-state index in [1.807, 2.05) is 0 Å². The van der Waals surface area contributed by atoms with Crippen LogP contribution in [0, 0.1) is 0 Å². The minimum absolute atomic E-state index is 0.292. The molecule has 0 bridgehead atoms. The SMILES string of the molecule is CN1Cc2ccccc2C12CCN(CCc1ccccc1)CC2. The Labute approximate surface area is 139 Å². The molecule has 2 heterocycles. The number of likely N-dealkylation sites (tertiary alicyclic amines) is 1. The predicted octanol–water partition coefficient (Wildman–Crippen LogP) is 3.67. The van der Waals surface area contributed by atoms with Crippen molar-refractivity contribution in [1.29, 1.82) is 0 Å². The summed E-state index contributed by atoms with van der Waals surface area (Å²) in [7, 11) is 2.31. The lowest BCUT2D eigenvalue weighted by Gasteiger charge is -2.44. The van der Waals surface area contributed by atoms with Gasteiger partial charge in [0.2, 0.25) is 0 Å². The summed E-state index contributed by atoms with van der Waals surface area (Å²) in [5, 5.41) is 0. The summed E-state index contributed by atoms with van der Waals surface area (Å²) in [6, 6.07) is 19.9. The fourth-order valence-electron chi connectivity index (χ4n) is 4.45. The van der Waals surface area contributed by atoms with Crippen LogP contribution in [0.25, 0.3) is 0 Å². The molecule has 0 N–H and O–H groups in total. The van der Waals surface area contributed by atoms with Gasteiger partial charge in [0, 0.05) is 31.7 Å². The predicted molar refractivity (Wildman–Crippen MR) is 95.4 cm³/mol. The Kier molecular flexibility index (Phi) is 3.96. The molecule has 2 nitrogen and oxygen atoms in total. The first-order chi connectivity index (χ1) is 11.3. The quantitative estimate of drug-likeness (QED) is 0.854. The van der Waals surface area contributed by atoms with Crippen LogP contribution in [0.1, 0.15) is 29.5 Å². The van der Waals surface area contributed by atoms with Crippen LogP contribution in [0.15, 0.2) is 54.6 Å². The summed E-state index contributed by atoms with van der Waals surface area (Å²) in [4.78, 5) is 5.24. The summed E-state index contributed by atoms with van der Waals surface area (Å²) in [6.07, 6.45) is 3.69. The largest absolute Gasteiger partial charge is 0.303 e. The van der Waals surface area contributed by atoms with Gasteiger partial charge in [0.1, 0.15) is 0 Å². The first-order valence-electron chi connectivity index (χ1n) is 8.84. The van der Waals surface area contributed by atoms with E-state index < -0.39 is 0 Å². The van der Waals surface area contributed by atoms with Crippen LogP contribution >= 0.6 is 0 Å². The Morgan fingerprint density at radius 1 is 0.913 bits per heavy atom. The van der Waals surface area contributed by atoms with Gasteiger partial charge in [-0.3, -0.25) is 4.90 Å². The van der Waals surface area contributed by atoms with E-state index in [0.717, 1.165) is 6.54 Å². The minimum Gasteiger partial charge on any atom is -0.303 e. The maximum absolute atomic E-state index is 2.65. The van der Waals surface area contributed by atoms with Crippen molar-refractivity contribution in [2.24, 2.45) is 0 Å². The van der Waals surface area contributed by atoms with Crippen molar-refractivity contribution in [3.63, 3.8) is 0 Å². The van der Waals surface area contributed by atoms with Gasteiger partial charge in [0.05, 0.1) is 0 Å². The molecule has 0 radical (unpaired) electrons. The van der Waals surface area contributed by atoms with Gasteiger partial charge in [-0.2, -0.15) is 0 Å². The Bertz CT molecular complexity index is 657. The molecule has 0 atom stereocenters. The number of benzene rings is 2. The molecule has 0 saturated carbocycles. The topological polar surface area (TPSA) is 6.48 Å². The highest BCUT2D eigenvalue weighted by atomic mass is 15.2. The second-order valence-electron chi connectivity index (χ2n) is 7.12. The van der Waals surface area contributed by atoms with Gasteiger partial charge in [-0.25, -0.2) is 0 Å². The van der Waals surface area contributed by atoms with E-state index in [9.17, 15) is 0 Å². The normalized spacial score (nSPS) is 20.7. The fourth-order valence-corrected chi connectivity index (χ4v) is 4.45. The van der Waals surface area contributed by atoms with Crippen molar-refractivity contribution in [1.82, 2.24) is 9.80 Å². The van der Waals surface area contributed by atoms with Crippen LogP contribution in [0.2, 0.25) is 0 Å². The van der Waals surface area contributed by atoms with E-state index in [0.29, 0.717) is 5.54 Å². The number of piperidine rings is 1. The van der Waals surface area contributed by atoms with Gasteiger partial charge in [0.15, 0.2) is 0 Å². The summed E-state index contributed by atoms with van der Waals surface area (Å²) in [5.74, 6) is 0. The van der Waals surface area contributed by atoms with Crippen molar-refractivity contribution in [2.75, 3.05) is 26.7 Å². The molecule has 2 aromatic rings. The van der Waals surface area contributed by atoms with Crippen molar-refractivity contribution >= 4 is 0 Å². The molecule has 1 saturated heterocycles. The average molecular weight is 306 g/mol. The first-order valence-corrected chi connectivity index (χ1v) is 8.84. The molecular weight excluding hydrogens is 280 g/mol. The Morgan fingerprint density at radius 2 is 1.61 bits per heavy atom. The van der Waals surface area contributed by atoms with E-state index in [-0.39, 0.29) is 0 Å². The van der Waals surface area contributed by atoms with Crippen LogP contribution in [-0.2, 0) is 18.5 Å². The van der Waals surface area contributed by atoms with Crippen molar-refractivity contribution < 1.29 is 0 Å². The van der Waals surface area contributed by atoms with E-state index >= 15 is 0 Å². The molecule has 4 rings (SSSR count). The lowest BCUT2D eigenvalue weighted by Crippen LogP contribution is -2.48. The maximum Gasteiger partial charge on any atom is 0.0488 e. The molecule has 2 aromatic carbocycles. The molecular formula is C21H26N2. The molecule has 0 amide bonds. The van der Waals surface area contributed by atoms with Crippen LogP contribution in [-0.4, -0.2) is 36.5 Å². The molecule has 1 spiro atoms. The summed E-state index contributed by atoms with van der Waals surface area (Å²) in [6.45, 7) is 4.72. The van der Waals surface area contributed by atoms with Crippen molar-refractivity contribution in [3.05, 3.63) is 71.3 Å². The molecule has 2 aliphatic heterocycles. The minimum atomic E-state index is 0.292. The number of hydrogen-bond donors (Lipinski definition) is 0. The van der Waals surface area contributed by atoms with Gasteiger partial charge >= 0.3 is 0 Å². The van der Waals surface area contributed by atoms with Crippen LogP contribution < -0.4 is 0 Å². The smallest absolute Gasteiger partial charge is 0.0488 e. The Hall–Kier alpha value is -1.64. The molecule has 2 heteroatoms.